The van der Waals surface area contributed by atoms with Crippen LogP contribution in [0, 0.1) is 13.8 Å². The molecule has 1 heterocycles. The Morgan fingerprint density at radius 3 is 2.72 bits per heavy atom. The van der Waals surface area contributed by atoms with Crippen molar-refractivity contribution in [2.75, 3.05) is 6.54 Å². The molecule has 1 atom stereocenters. The van der Waals surface area contributed by atoms with Gasteiger partial charge in [0.2, 0.25) is 0 Å². The number of rotatable bonds is 4. The standard InChI is InChI=1S/C15H21N3/c1-5-16-15(14-9-18(4)10-17-14)13-8-6-7-11(2)12(13)3/h6-10,15-16H,5H2,1-4H3. The summed E-state index contributed by atoms with van der Waals surface area (Å²) < 4.78 is 1.99. The molecule has 1 aromatic carbocycles. The van der Waals surface area contributed by atoms with Gasteiger partial charge in [0, 0.05) is 13.2 Å². The Morgan fingerprint density at radius 1 is 1.33 bits per heavy atom. The molecule has 0 aliphatic rings. The molecule has 0 saturated heterocycles. The van der Waals surface area contributed by atoms with E-state index in [9.17, 15) is 0 Å². The highest BCUT2D eigenvalue weighted by atomic mass is 15.0. The van der Waals surface area contributed by atoms with Gasteiger partial charge in [-0.3, -0.25) is 0 Å². The van der Waals surface area contributed by atoms with Crippen LogP contribution in [0.5, 0.6) is 0 Å². The second-order valence-electron chi connectivity index (χ2n) is 4.74. The van der Waals surface area contributed by atoms with Crippen molar-refractivity contribution in [2.24, 2.45) is 7.05 Å². The number of nitrogens with one attached hydrogen (secondary N) is 1. The highest BCUT2D eigenvalue weighted by molar-refractivity contribution is 5.38. The van der Waals surface area contributed by atoms with Crippen LogP contribution in [0.3, 0.4) is 0 Å². The molecular formula is C15H21N3. The van der Waals surface area contributed by atoms with E-state index in [2.05, 4.69) is 55.5 Å². The molecule has 3 heteroatoms. The number of aryl methyl sites for hydroxylation is 2. The van der Waals surface area contributed by atoms with E-state index in [1.54, 1.807) is 0 Å². The van der Waals surface area contributed by atoms with Crippen LogP contribution in [-0.4, -0.2) is 16.1 Å². The van der Waals surface area contributed by atoms with Crippen molar-refractivity contribution in [2.45, 2.75) is 26.8 Å². The lowest BCUT2D eigenvalue weighted by molar-refractivity contribution is 0.614. The lowest BCUT2D eigenvalue weighted by atomic mass is 9.96. The molecule has 3 nitrogen and oxygen atoms in total. The topological polar surface area (TPSA) is 29.9 Å². The summed E-state index contributed by atoms with van der Waals surface area (Å²) in [4.78, 5) is 4.48. The van der Waals surface area contributed by atoms with Crippen molar-refractivity contribution in [3.05, 3.63) is 53.1 Å². The van der Waals surface area contributed by atoms with Crippen molar-refractivity contribution in [1.82, 2.24) is 14.9 Å². The van der Waals surface area contributed by atoms with E-state index in [1.807, 2.05) is 17.9 Å². The first-order valence-electron chi connectivity index (χ1n) is 6.40. The van der Waals surface area contributed by atoms with E-state index in [0.717, 1.165) is 12.2 Å². The molecule has 0 aliphatic carbocycles. The summed E-state index contributed by atoms with van der Waals surface area (Å²) in [5, 5.41) is 3.52. The fraction of sp³-hybridized carbons (Fsp3) is 0.400. The zero-order valence-electron chi connectivity index (χ0n) is 11.6. The second kappa shape index (κ2) is 5.36. The van der Waals surface area contributed by atoms with Gasteiger partial charge in [0.25, 0.3) is 0 Å². The Hall–Kier alpha value is -1.61. The van der Waals surface area contributed by atoms with E-state index in [1.165, 1.54) is 16.7 Å². The lowest BCUT2D eigenvalue weighted by Crippen LogP contribution is -2.23. The minimum atomic E-state index is 0.177. The minimum Gasteiger partial charge on any atom is -0.340 e. The maximum absolute atomic E-state index is 4.48. The SMILES string of the molecule is CCNC(c1cn(C)cn1)c1cccc(C)c1C. The highest BCUT2D eigenvalue weighted by Crippen LogP contribution is 2.25. The monoisotopic (exact) mass is 243 g/mol. The van der Waals surface area contributed by atoms with Crippen LogP contribution >= 0.6 is 0 Å². The van der Waals surface area contributed by atoms with Crippen LogP contribution in [-0.2, 0) is 7.05 Å². The number of hydrogen-bond donors (Lipinski definition) is 1. The van der Waals surface area contributed by atoms with Crippen LogP contribution in [0.1, 0.15) is 35.3 Å². The minimum absolute atomic E-state index is 0.177. The van der Waals surface area contributed by atoms with Gasteiger partial charge in [0.1, 0.15) is 0 Å². The molecule has 18 heavy (non-hydrogen) atoms. The molecule has 2 rings (SSSR count). The van der Waals surface area contributed by atoms with Crippen LogP contribution in [0.15, 0.2) is 30.7 Å². The van der Waals surface area contributed by atoms with Gasteiger partial charge in [-0.1, -0.05) is 25.1 Å². The van der Waals surface area contributed by atoms with Crippen LogP contribution < -0.4 is 5.32 Å². The van der Waals surface area contributed by atoms with E-state index in [0.29, 0.717) is 0 Å². The maximum atomic E-state index is 4.48. The van der Waals surface area contributed by atoms with Gasteiger partial charge in [-0.05, 0) is 37.1 Å². The van der Waals surface area contributed by atoms with Gasteiger partial charge in [-0.25, -0.2) is 4.98 Å². The molecule has 0 saturated carbocycles. The van der Waals surface area contributed by atoms with Crippen LogP contribution in [0.2, 0.25) is 0 Å². The molecule has 1 aromatic heterocycles. The Kier molecular flexibility index (Phi) is 3.82. The average molecular weight is 243 g/mol. The fourth-order valence-corrected chi connectivity index (χ4v) is 2.25. The zero-order chi connectivity index (χ0) is 13.1. The molecule has 0 radical (unpaired) electrons. The third-order valence-electron chi connectivity index (χ3n) is 3.39. The van der Waals surface area contributed by atoms with E-state index in [-0.39, 0.29) is 6.04 Å². The third-order valence-corrected chi connectivity index (χ3v) is 3.39. The first-order chi connectivity index (χ1) is 8.63. The lowest BCUT2D eigenvalue weighted by Gasteiger charge is -2.19. The summed E-state index contributed by atoms with van der Waals surface area (Å²) in [7, 11) is 2.00. The van der Waals surface area contributed by atoms with Crippen molar-refractivity contribution >= 4 is 0 Å². The summed E-state index contributed by atoms with van der Waals surface area (Å²) in [5.74, 6) is 0. The molecule has 1 unspecified atom stereocenters. The van der Waals surface area contributed by atoms with Gasteiger partial charge < -0.3 is 9.88 Å². The fourth-order valence-electron chi connectivity index (χ4n) is 2.25. The number of aromatic nitrogens is 2. The summed E-state index contributed by atoms with van der Waals surface area (Å²) in [6, 6.07) is 6.63. The number of nitrogens with zero attached hydrogens (tertiary/aromatic N) is 2. The van der Waals surface area contributed by atoms with Crippen molar-refractivity contribution in [3.8, 4) is 0 Å². The van der Waals surface area contributed by atoms with E-state index >= 15 is 0 Å². The van der Waals surface area contributed by atoms with Crippen molar-refractivity contribution < 1.29 is 0 Å². The Morgan fingerprint density at radius 2 is 2.11 bits per heavy atom. The number of benzene rings is 1. The molecule has 0 amide bonds. The van der Waals surface area contributed by atoms with Crippen molar-refractivity contribution in [1.29, 1.82) is 0 Å². The van der Waals surface area contributed by atoms with Gasteiger partial charge >= 0.3 is 0 Å². The predicted molar refractivity (Wildman–Crippen MR) is 74.6 cm³/mol. The Bertz CT molecular complexity index is 528. The van der Waals surface area contributed by atoms with Crippen molar-refractivity contribution in [3.63, 3.8) is 0 Å². The molecule has 0 fully saturated rings. The highest BCUT2D eigenvalue weighted by Gasteiger charge is 2.17. The second-order valence-corrected chi connectivity index (χ2v) is 4.74. The first kappa shape index (κ1) is 12.8. The Balaban J connectivity index is 2.44. The smallest absolute Gasteiger partial charge is 0.0947 e. The quantitative estimate of drug-likeness (QED) is 0.895. The number of hydrogen-bond acceptors (Lipinski definition) is 2. The van der Waals surface area contributed by atoms with Gasteiger partial charge in [0.05, 0.1) is 18.1 Å². The van der Waals surface area contributed by atoms with Gasteiger partial charge in [-0.15, -0.1) is 0 Å². The van der Waals surface area contributed by atoms with E-state index in [4.69, 9.17) is 0 Å². The maximum Gasteiger partial charge on any atom is 0.0947 e. The molecule has 96 valence electrons. The molecule has 0 bridgehead atoms. The number of imidazole rings is 1. The largest absolute Gasteiger partial charge is 0.340 e. The summed E-state index contributed by atoms with van der Waals surface area (Å²) in [6.07, 6.45) is 3.93. The predicted octanol–water partition coefficient (Wildman–Crippen LogP) is 2.74. The van der Waals surface area contributed by atoms with Crippen LogP contribution in [0.4, 0.5) is 0 Å². The van der Waals surface area contributed by atoms with Crippen LogP contribution in [0.25, 0.3) is 0 Å². The summed E-state index contributed by atoms with van der Waals surface area (Å²) in [5.41, 5.74) is 5.06. The van der Waals surface area contributed by atoms with Gasteiger partial charge in [0.15, 0.2) is 0 Å². The average Bonchev–Trinajstić information content (AvgIpc) is 2.77. The summed E-state index contributed by atoms with van der Waals surface area (Å²) >= 11 is 0. The zero-order valence-corrected chi connectivity index (χ0v) is 11.6. The molecule has 0 aliphatic heterocycles. The normalized spacial score (nSPS) is 12.7. The molecule has 0 spiro atoms. The molecule has 1 N–H and O–H groups in total. The van der Waals surface area contributed by atoms with E-state index < -0.39 is 0 Å². The molecular weight excluding hydrogens is 222 g/mol. The first-order valence-corrected chi connectivity index (χ1v) is 6.40. The Labute approximate surface area is 109 Å². The third kappa shape index (κ3) is 2.46. The van der Waals surface area contributed by atoms with Gasteiger partial charge in [-0.2, -0.15) is 0 Å². The summed E-state index contributed by atoms with van der Waals surface area (Å²) in [6.45, 7) is 7.38. The molecule has 2 aromatic rings.